The van der Waals surface area contributed by atoms with Gasteiger partial charge in [0.1, 0.15) is 11.6 Å². The van der Waals surface area contributed by atoms with Gasteiger partial charge in [-0.3, -0.25) is 9.59 Å². The minimum Gasteiger partial charge on any atom is -1.00 e. The summed E-state index contributed by atoms with van der Waals surface area (Å²) in [6.45, 7) is 4.36. The third kappa shape index (κ3) is 13.5. The molecule has 37 heavy (non-hydrogen) atoms. The van der Waals surface area contributed by atoms with Crippen LogP contribution < -0.4 is 12.4 Å². The number of carbonyl (C=O) groups excluding carboxylic acids is 2. The second kappa shape index (κ2) is 19.4. The van der Waals surface area contributed by atoms with Crippen LogP contribution >= 0.6 is 56.8 Å². The van der Waals surface area contributed by atoms with Gasteiger partial charge in [-0.15, -0.1) is 0 Å². The van der Waals surface area contributed by atoms with Gasteiger partial charge in [0.05, 0.1) is 11.1 Å². The second-order valence-corrected chi connectivity index (χ2v) is 11.5. The van der Waals surface area contributed by atoms with Crippen LogP contribution in [0.4, 0.5) is 8.78 Å². The number of Topliss-reactive ketones (excluding diaryl/α,β-unsaturated/α-hetero) is 1. The van der Waals surface area contributed by atoms with Crippen LogP contribution in [0.3, 0.4) is 0 Å². The largest absolute Gasteiger partial charge is 2.00 e. The van der Waals surface area contributed by atoms with Crippen molar-refractivity contribution < 1.29 is 30.8 Å². The maximum Gasteiger partial charge on any atom is 2.00 e. The fraction of sp³-hybridized carbons (Fsp3) is 0.423. The van der Waals surface area contributed by atoms with Gasteiger partial charge in [-0.2, -0.15) is 12.8 Å². The van der Waals surface area contributed by atoms with Crippen LogP contribution in [0.2, 0.25) is 0 Å². The van der Waals surface area contributed by atoms with E-state index in [1.807, 2.05) is 29.6 Å². The first kappa shape index (κ1) is 37.4. The number of benzene rings is 2. The molecular formula is C26H30Cl2F2I2MgN2O2. The summed E-state index contributed by atoms with van der Waals surface area (Å²) >= 11 is 9.18. The molecule has 2 aromatic rings. The van der Waals surface area contributed by atoms with Gasteiger partial charge in [-0.05, 0) is 146 Å². The van der Waals surface area contributed by atoms with Gasteiger partial charge in [-0.1, -0.05) is 0 Å². The summed E-state index contributed by atoms with van der Waals surface area (Å²) in [5.74, 6) is -1.02. The first-order valence-electron chi connectivity index (χ1n) is 11.4. The monoisotopic (exact) mass is 788 g/mol. The molecule has 0 bridgehead atoms. The molecule has 2 aromatic carbocycles. The summed E-state index contributed by atoms with van der Waals surface area (Å²) in [5, 5.41) is -0.763. The van der Waals surface area contributed by atoms with Gasteiger partial charge in [-0.25, -0.2) is 8.78 Å². The van der Waals surface area contributed by atoms with Crippen molar-refractivity contribution in [3.63, 3.8) is 0 Å². The minimum atomic E-state index is -0.763. The maximum atomic E-state index is 13.6. The molecule has 4 rings (SSSR count). The van der Waals surface area contributed by atoms with E-state index in [1.165, 1.54) is 44.1 Å². The molecule has 0 aliphatic carbocycles. The number of rotatable bonds is 3. The van der Waals surface area contributed by atoms with Crippen LogP contribution in [-0.2, 0) is 0 Å². The predicted octanol–water partition coefficient (Wildman–Crippen LogP) is 3.30. The van der Waals surface area contributed by atoms with Crippen LogP contribution in [0, 0.1) is 31.1 Å². The molecule has 0 amide bonds. The Balaban J connectivity index is 0.000000560. The molecule has 0 unspecified atom stereocenters. The molecule has 0 N–H and O–H groups in total. The molecule has 0 spiro atoms. The third-order valence-corrected chi connectivity index (χ3v) is 7.40. The van der Waals surface area contributed by atoms with Gasteiger partial charge < -0.3 is 28.6 Å². The van der Waals surface area contributed by atoms with E-state index in [0.717, 1.165) is 33.1 Å². The summed E-state index contributed by atoms with van der Waals surface area (Å²) < 4.78 is 28.0. The fourth-order valence-electron chi connectivity index (χ4n) is 3.70. The second-order valence-electron chi connectivity index (χ2n) is 8.63. The topological polar surface area (TPSA) is 40.6 Å². The number of halogens is 6. The third-order valence-electron chi connectivity index (χ3n) is 5.85. The molecule has 4 nitrogen and oxygen atoms in total. The van der Waals surface area contributed by atoms with Crippen molar-refractivity contribution in [3.05, 3.63) is 72.7 Å². The predicted molar refractivity (Wildman–Crippen MR) is 160 cm³/mol. The first-order valence-corrected chi connectivity index (χ1v) is 13.9. The Morgan fingerprint density at radius 1 is 0.865 bits per heavy atom. The summed E-state index contributed by atoms with van der Waals surface area (Å²) in [6, 6.07) is 8.91. The molecule has 200 valence electrons. The zero-order chi connectivity index (χ0) is 26.0. The number of piperidine rings is 2. The number of ketones is 1. The van der Waals surface area contributed by atoms with Crippen LogP contribution in [0.25, 0.3) is 0 Å². The Morgan fingerprint density at radius 2 is 1.30 bits per heavy atom. The Labute approximate surface area is 273 Å². The zero-order valence-electron chi connectivity index (χ0n) is 21.0. The van der Waals surface area contributed by atoms with Gasteiger partial charge in [0.15, 0.2) is 5.78 Å². The Morgan fingerprint density at radius 3 is 1.70 bits per heavy atom. The number of likely N-dealkylation sites (tertiary alicyclic amines) is 2. The molecule has 0 atom stereocenters. The Hall–Kier alpha value is 0.366. The molecule has 0 saturated carbocycles. The molecule has 2 fully saturated rings. The van der Waals surface area contributed by atoms with Gasteiger partial charge >= 0.3 is 23.1 Å². The van der Waals surface area contributed by atoms with Crippen LogP contribution in [0.1, 0.15) is 46.4 Å². The molecule has 2 aliphatic rings. The van der Waals surface area contributed by atoms with Crippen molar-refractivity contribution in [2.45, 2.75) is 25.7 Å². The van der Waals surface area contributed by atoms with Crippen molar-refractivity contribution in [1.82, 2.24) is 9.80 Å². The SMILES string of the molecule is CN1CCC(C(=O)c2cc(I)ccc2F)CC1.CN1CC[CH-]CC1.O=C(Cl)c1cc(I)ccc1F.[Cl-].[Mg+2]. The quantitative estimate of drug-likeness (QED) is 0.158. The normalized spacial score (nSPS) is 16.1. The van der Waals surface area contributed by atoms with E-state index >= 15 is 0 Å². The minimum absolute atomic E-state index is 0. The number of hydrogen-bond donors (Lipinski definition) is 0. The average Bonchev–Trinajstić information content (AvgIpc) is 2.83. The maximum absolute atomic E-state index is 13.6. The summed E-state index contributed by atoms with van der Waals surface area (Å²) in [4.78, 5) is 27.3. The van der Waals surface area contributed by atoms with E-state index in [0.29, 0.717) is 0 Å². The Kier molecular flexibility index (Phi) is 19.6. The van der Waals surface area contributed by atoms with Crippen LogP contribution in [-0.4, -0.2) is 84.2 Å². The van der Waals surface area contributed by atoms with E-state index in [-0.39, 0.29) is 58.3 Å². The summed E-state index contributed by atoms with van der Waals surface area (Å²) in [5.41, 5.74) is 0.185. The average molecular weight is 790 g/mol. The van der Waals surface area contributed by atoms with Gasteiger partial charge in [0, 0.05) is 13.1 Å². The molecule has 0 aromatic heterocycles. The summed E-state index contributed by atoms with van der Waals surface area (Å²) in [7, 11) is 4.22. The van der Waals surface area contributed by atoms with E-state index in [2.05, 4.69) is 45.9 Å². The van der Waals surface area contributed by atoms with Crippen molar-refractivity contribution in [1.29, 1.82) is 0 Å². The molecule has 2 aliphatic heterocycles. The van der Waals surface area contributed by atoms with E-state index in [1.54, 1.807) is 18.2 Å². The van der Waals surface area contributed by atoms with Crippen LogP contribution in [0.15, 0.2) is 36.4 Å². The van der Waals surface area contributed by atoms with Gasteiger partial charge in [0.25, 0.3) is 5.24 Å². The van der Waals surface area contributed by atoms with E-state index < -0.39 is 16.9 Å². The van der Waals surface area contributed by atoms with Crippen molar-refractivity contribution in [3.8, 4) is 0 Å². The fourth-order valence-corrected chi connectivity index (χ4v) is 4.83. The van der Waals surface area contributed by atoms with E-state index in [4.69, 9.17) is 11.6 Å². The molecule has 2 saturated heterocycles. The Bertz CT molecular complexity index is 1010. The van der Waals surface area contributed by atoms with E-state index in [9.17, 15) is 18.4 Å². The number of nitrogens with zero attached hydrogens (tertiary/aromatic N) is 2. The first-order chi connectivity index (χ1) is 16.6. The molecule has 0 radical (unpaired) electrons. The summed E-state index contributed by atoms with van der Waals surface area (Å²) in [6.07, 6.45) is 6.60. The number of carbonyl (C=O) groups is 2. The van der Waals surface area contributed by atoms with Crippen LogP contribution in [0.5, 0.6) is 0 Å². The zero-order valence-corrected chi connectivity index (χ0v) is 28.2. The smallest absolute Gasteiger partial charge is 1.00 e. The number of hydrogen-bond acceptors (Lipinski definition) is 4. The van der Waals surface area contributed by atoms with Crippen molar-refractivity contribution in [2.75, 3.05) is 40.3 Å². The van der Waals surface area contributed by atoms with Crippen molar-refractivity contribution >= 4 is 90.9 Å². The molecular weight excluding hydrogens is 759 g/mol. The van der Waals surface area contributed by atoms with Gasteiger partial charge in [0.2, 0.25) is 0 Å². The standard InChI is InChI=1S/C13H15FINO.C7H3ClFIO.C6H12N.ClH.Mg/c1-16-6-4-9(5-7-16)13(17)11-8-10(15)2-3-12(11)14;8-7(11)5-3-4(10)1-2-6(5)9;1-7-5-3-2-4-6-7;;/h2-3,8-9H,4-7H2,1H3;1-3H;2H,3-6H2,1H3;1H;/q;;-1;;+2/p-1. The molecule has 2 heterocycles. The van der Waals surface area contributed by atoms with Crippen molar-refractivity contribution in [2.24, 2.45) is 5.92 Å². The molecule has 11 heteroatoms.